The monoisotopic (exact) mass is 262 g/mol. The van der Waals surface area contributed by atoms with Crippen LogP contribution < -0.4 is 0 Å². The molecule has 1 unspecified atom stereocenters. The van der Waals surface area contributed by atoms with E-state index in [0.29, 0.717) is 17.2 Å². The maximum atomic E-state index is 5.68. The van der Waals surface area contributed by atoms with Crippen molar-refractivity contribution in [2.24, 2.45) is 0 Å². The van der Waals surface area contributed by atoms with E-state index in [4.69, 9.17) is 16.3 Å². The van der Waals surface area contributed by atoms with Crippen molar-refractivity contribution in [3.63, 3.8) is 0 Å². The molecular weight excluding hydrogens is 244 g/mol. The number of rotatable bonds is 8. The van der Waals surface area contributed by atoms with Crippen LogP contribution in [0.2, 0.25) is 4.47 Å². The number of aromatic nitrogens is 2. The van der Waals surface area contributed by atoms with Crippen molar-refractivity contribution in [2.75, 3.05) is 0 Å². The molecule has 0 aromatic carbocycles. The smallest absolute Gasteiger partial charge is 0.207 e. The highest BCUT2D eigenvalue weighted by Crippen LogP contribution is 2.17. The average Bonchev–Trinajstić information content (AvgIpc) is 2.68. The van der Waals surface area contributed by atoms with Crippen LogP contribution in [0.3, 0.4) is 0 Å². The van der Waals surface area contributed by atoms with E-state index in [9.17, 15) is 0 Å². The van der Waals surface area contributed by atoms with E-state index in [1.807, 2.05) is 0 Å². The Morgan fingerprint density at radius 3 is 2.75 bits per heavy atom. The van der Waals surface area contributed by atoms with Gasteiger partial charge in [0.1, 0.15) is 11.6 Å². The molecule has 1 aromatic rings. The van der Waals surface area contributed by atoms with E-state index >= 15 is 0 Å². The lowest BCUT2D eigenvalue weighted by molar-refractivity contribution is 0.0455. The third-order valence-electron chi connectivity index (χ3n) is 2.40. The fourth-order valence-electron chi connectivity index (χ4n) is 1.45. The molecule has 0 spiro atoms. The van der Waals surface area contributed by atoms with Crippen molar-refractivity contribution in [3.05, 3.63) is 9.47 Å². The summed E-state index contributed by atoms with van der Waals surface area (Å²) in [5, 5.41) is 8.50. The Morgan fingerprint density at radius 1 is 1.31 bits per heavy atom. The van der Waals surface area contributed by atoms with Crippen LogP contribution in [-0.4, -0.2) is 16.3 Å². The van der Waals surface area contributed by atoms with Gasteiger partial charge in [-0.25, -0.2) is 0 Å². The lowest BCUT2D eigenvalue weighted by atomic mass is 10.1. The molecule has 0 radical (unpaired) electrons. The van der Waals surface area contributed by atoms with Crippen molar-refractivity contribution in [3.8, 4) is 0 Å². The molecule has 1 heterocycles. The Hall–Kier alpha value is -0.190. The van der Waals surface area contributed by atoms with E-state index in [1.165, 1.54) is 37.0 Å². The molecule has 0 bridgehead atoms. The van der Waals surface area contributed by atoms with Crippen molar-refractivity contribution >= 4 is 22.9 Å². The first-order valence-electron chi connectivity index (χ1n) is 5.82. The molecule has 0 aliphatic heterocycles. The zero-order valence-corrected chi connectivity index (χ0v) is 11.5. The fourth-order valence-corrected chi connectivity index (χ4v) is 2.24. The van der Waals surface area contributed by atoms with Crippen LogP contribution >= 0.6 is 22.9 Å². The van der Waals surface area contributed by atoms with Gasteiger partial charge in [-0.2, -0.15) is 0 Å². The molecule has 0 aliphatic carbocycles. The van der Waals surface area contributed by atoms with Gasteiger partial charge >= 0.3 is 0 Å². The minimum Gasteiger partial charge on any atom is -0.371 e. The number of unbranched alkanes of at least 4 members (excludes halogenated alkanes) is 3. The van der Waals surface area contributed by atoms with Crippen LogP contribution in [0.1, 0.15) is 51.0 Å². The van der Waals surface area contributed by atoms with E-state index in [0.717, 1.165) is 11.4 Å². The second-order valence-electron chi connectivity index (χ2n) is 3.92. The third kappa shape index (κ3) is 5.77. The maximum Gasteiger partial charge on any atom is 0.207 e. The first kappa shape index (κ1) is 13.9. The Balaban J connectivity index is 2.08. The molecule has 0 saturated heterocycles. The Bertz CT molecular complexity index is 293. The van der Waals surface area contributed by atoms with Crippen molar-refractivity contribution in [2.45, 2.75) is 58.7 Å². The van der Waals surface area contributed by atoms with E-state index in [-0.39, 0.29) is 0 Å². The second kappa shape index (κ2) is 7.98. The Kier molecular flexibility index (Phi) is 6.92. The van der Waals surface area contributed by atoms with Crippen LogP contribution in [0.25, 0.3) is 0 Å². The summed E-state index contributed by atoms with van der Waals surface area (Å²) >= 11 is 7.06. The quantitative estimate of drug-likeness (QED) is 0.663. The summed E-state index contributed by atoms with van der Waals surface area (Å²) in [6.07, 6.45) is 6.55. The number of hydrogen-bond donors (Lipinski definition) is 0. The molecule has 1 rings (SSSR count). The molecule has 0 aliphatic rings. The molecule has 92 valence electrons. The van der Waals surface area contributed by atoms with Gasteiger partial charge in [-0.05, 0) is 24.9 Å². The zero-order valence-electron chi connectivity index (χ0n) is 9.91. The molecule has 1 aromatic heterocycles. The van der Waals surface area contributed by atoms with Crippen LogP contribution in [0, 0.1) is 0 Å². The summed E-state index contributed by atoms with van der Waals surface area (Å²) in [4.78, 5) is 0. The molecule has 3 nitrogen and oxygen atoms in total. The summed E-state index contributed by atoms with van der Waals surface area (Å²) in [7, 11) is 0. The molecule has 0 N–H and O–H groups in total. The lowest BCUT2D eigenvalue weighted by Gasteiger charge is -2.11. The molecule has 5 heteroatoms. The zero-order chi connectivity index (χ0) is 11.8. The predicted octanol–water partition coefficient (Wildman–Crippen LogP) is 4.07. The molecule has 0 fully saturated rings. The van der Waals surface area contributed by atoms with Crippen LogP contribution in [-0.2, 0) is 11.3 Å². The highest BCUT2D eigenvalue weighted by Gasteiger charge is 2.06. The van der Waals surface area contributed by atoms with E-state index < -0.39 is 0 Å². The van der Waals surface area contributed by atoms with Crippen LogP contribution in [0.15, 0.2) is 0 Å². The highest BCUT2D eigenvalue weighted by molar-refractivity contribution is 7.15. The number of hydrogen-bond acceptors (Lipinski definition) is 4. The molecular formula is C11H19ClN2OS. The number of nitrogens with zero attached hydrogens (tertiary/aromatic N) is 2. The minimum absolute atomic E-state index is 0.291. The van der Waals surface area contributed by atoms with Crippen LogP contribution in [0.5, 0.6) is 0 Å². The Morgan fingerprint density at radius 2 is 2.12 bits per heavy atom. The summed E-state index contributed by atoms with van der Waals surface area (Å²) < 4.78 is 6.15. The average molecular weight is 263 g/mol. The van der Waals surface area contributed by atoms with E-state index in [2.05, 4.69) is 24.0 Å². The molecule has 16 heavy (non-hydrogen) atoms. The van der Waals surface area contributed by atoms with Crippen molar-refractivity contribution < 1.29 is 4.74 Å². The maximum absolute atomic E-state index is 5.68. The van der Waals surface area contributed by atoms with Crippen molar-refractivity contribution in [1.82, 2.24) is 10.2 Å². The minimum atomic E-state index is 0.291. The predicted molar refractivity (Wildman–Crippen MR) is 67.9 cm³/mol. The van der Waals surface area contributed by atoms with Gasteiger partial charge < -0.3 is 4.74 Å². The van der Waals surface area contributed by atoms with Gasteiger partial charge in [0.2, 0.25) is 4.47 Å². The van der Waals surface area contributed by atoms with E-state index in [1.54, 1.807) is 0 Å². The van der Waals surface area contributed by atoms with Gasteiger partial charge in [0.25, 0.3) is 0 Å². The standard InChI is InChI=1S/C11H19ClN2OS/c1-3-4-5-6-7-9(2)15-8-10-13-14-11(12)16-10/h9H,3-8H2,1-2H3. The molecule has 1 atom stereocenters. The SMILES string of the molecule is CCCCCCC(C)OCc1nnc(Cl)s1. The normalized spacial score (nSPS) is 12.9. The van der Waals surface area contributed by atoms with Gasteiger partial charge in [0, 0.05) is 0 Å². The van der Waals surface area contributed by atoms with Gasteiger partial charge in [0.15, 0.2) is 0 Å². The van der Waals surface area contributed by atoms with Gasteiger partial charge in [0.05, 0.1) is 6.10 Å². The van der Waals surface area contributed by atoms with Gasteiger partial charge in [-0.15, -0.1) is 10.2 Å². The molecule has 0 saturated carbocycles. The first-order valence-corrected chi connectivity index (χ1v) is 7.01. The number of halogens is 1. The van der Waals surface area contributed by atoms with Gasteiger partial charge in [-0.1, -0.05) is 43.9 Å². The van der Waals surface area contributed by atoms with Crippen molar-refractivity contribution in [1.29, 1.82) is 0 Å². The first-order chi connectivity index (χ1) is 7.72. The molecule has 0 amide bonds. The number of ether oxygens (including phenoxy) is 1. The summed E-state index contributed by atoms with van der Waals surface area (Å²) in [6, 6.07) is 0. The largest absolute Gasteiger partial charge is 0.371 e. The lowest BCUT2D eigenvalue weighted by Crippen LogP contribution is -2.07. The Labute approximate surface area is 106 Å². The topological polar surface area (TPSA) is 35.0 Å². The second-order valence-corrected chi connectivity index (χ2v) is 5.56. The fraction of sp³-hybridized carbons (Fsp3) is 0.818. The van der Waals surface area contributed by atoms with Gasteiger partial charge in [-0.3, -0.25) is 0 Å². The van der Waals surface area contributed by atoms with Crippen LogP contribution in [0.4, 0.5) is 0 Å². The third-order valence-corrected chi connectivity index (χ3v) is 3.39. The summed E-state index contributed by atoms with van der Waals surface area (Å²) in [5.41, 5.74) is 0. The highest BCUT2D eigenvalue weighted by atomic mass is 35.5. The summed E-state index contributed by atoms with van der Waals surface area (Å²) in [5.74, 6) is 0. The summed E-state index contributed by atoms with van der Waals surface area (Å²) in [6.45, 7) is 4.85.